The van der Waals surface area contributed by atoms with Crippen LogP contribution < -0.4 is 10.6 Å². The van der Waals surface area contributed by atoms with Crippen molar-refractivity contribution in [3.8, 4) is 0 Å². The lowest BCUT2D eigenvalue weighted by molar-refractivity contribution is -0.143. The van der Waals surface area contributed by atoms with Gasteiger partial charge in [0.25, 0.3) is 0 Å². The third-order valence-corrected chi connectivity index (χ3v) is 3.32. The minimum atomic E-state index is -0.560. The van der Waals surface area contributed by atoms with Crippen molar-refractivity contribution in [2.24, 2.45) is 0 Å². The molecule has 22 heavy (non-hydrogen) atoms. The molecular formula is C16H22N2O4. The second kappa shape index (κ2) is 6.36. The van der Waals surface area contributed by atoms with Crippen molar-refractivity contribution in [2.45, 2.75) is 38.8 Å². The van der Waals surface area contributed by atoms with Crippen LogP contribution in [0.3, 0.4) is 0 Å². The summed E-state index contributed by atoms with van der Waals surface area (Å²) in [6, 6.07) is 4.97. The molecule has 1 atom stereocenters. The number of anilines is 1. The Morgan fingerprint density at radius 1 is 1.32 bits per heavy atom. The summed E-state index contributed by atoms with van der Waals surface area (Å²) >= 11 is 0. The van der Waals surface area contributed by atoms with Gasteiger partial charge in [-0.2, -0.15) is 0 Å². The van der Waals surface area contributed by atoms with E-state index in [-0.39, 0.29) is 5.97 Å². The number of carbonyl (C=O) groups excluding carboxylic acids is 2. The van der Waals surface area contributed by atoms with Gasteiger partial charge < -0.3 is 14.8 Å². The van der Waals surface area contributed by atoms with E-state index in [0.717, 1.165) is 17.5 Å². The van der Waals surface area contributed by atoms with E-state index in [1.54, 1.807) is 6.07 Å². The van der Waals surface area contributed by atoms with Gasteiger partial charge in [0, 0.05) is 12.2 Å². The van der Waals surface area contributed by atoms with Gasteiger partial charge in [0.05, 0.1) is 7.11 Å². The SMILES string of the molecule is COC(=O)[C@@H]1NCCc2c(NC(=O)OC(C)(C)C)cccc21. The molecule has 0 fully saturated rings. The van der Waals surface area contributed by atoms with Gasteiger partial charge in [-0.1, -0.05) is 12.1 Å². The highest BCUT2D eigenvalue weighted by Crippen LogP contribution is 2.30. The van der Waals surface area contributed by atoms with Crippen LogP contribution in [-0.2, 0) is 20.7 Å². The molecule has 2 rings (SSSR count). The number of nitrogens with one attached hydrogen (secondary N) is 2. The summed E-state index contributed by atoms with van der Waals surface area (Å²) in [5.74, 6) is -0.338. The van der Waals surface area contributed by atoms with Crippen LogP contribution >= 0.6 is 0 Å². The van der Waals surface area contributed by atoms with Gasteiger partial charge >= 0.3 is 12.1 Å². The molecule has 1 aliphatic rings. The van der Waals surface area contributed by atoms with Crippen molar-refractivity contribution in [2.75, 3.05) is 19.0 Å². The zero-order chi connectivity index (χ0) is 16.3. The van der Waals surface area contributed by atoms with E-state index >= 15 is 0 Å². The van der Waals surface area contributed by atoms with Crippen LogP contribution in [0.15, 0.2) is 18.2 Å². The summed E-state index contributed by atoms with van der Waals surface area (Å²) < 4.78 is 10.1. The maximum Gasteiger partial charge on any atom is 0.412 e. The van der Waals surface area contributed by atoms with Gasteiger partial charge in [0.15, 0.2) is 0 Å². The van der Waals surface area contributed by atoms with Crippen molar-refractivity contribution >= 4 is 17.7 Å². The number of fused-ring (bicyclic) bond motifs is 1. The van der Waals surface area contributed by atoms with Gasteiger partial charge in [0.2, 0.25) is 0 Å². The zero-order valence-electron chi connectivity index (χ0n) is 13.4. The van der Waals surface area contributed by atoms with Crippen molar-refractivity contribution < 1.29 is 19.1 Å². The maximum atomic E-state index is 11.9. The van der Waals surface area contributed by atoms with Crippen LogP contribution in [-0.4, -0.2) is 31.3 Å². The first kappa shape index (κ1) is 16.3. The number of esters is 1. The van der Waals surface area contributed by atoms with Gasteiger partial charge in [-0.3, -0.25) is 5.32 Å². The highest BCUT2D eigenvalue weighted by Gasteiger charge is 2.28. The van der Waals surface area contributed by atoms with E-state index in [9.17, 15) is 9.59 Å². The van der Waals surface area contributed by atoms with E-state index in [4.69, 9.17) is 9.47 Å². The van der Waals surface area contributed by atoms with Crippen LogP contribution in [0.5, 0.6) is 0 Å². The van der Waals surface area contributed by atoms with Gasteiger partial charge in [-0.25, -0.2) is 9.59 Å². The predicted molar refractivity (Wildman–Crippen MR) is 82.8 cm³/mol. The molecule has 0 saturated heterocycles. The number of hydrogen-bond donors (Lipinski definition) is 2. The number of hydrogen-bond acceptors (Lipinski definition) is 5. The molecule has 0 aliphatic carbocycles. The monoisotopic (exact) mass is 306 g/mol. The van der Waals surface area contributed by atoms with E-state index in [1.165, 1.54) is 7.11 Å². The molecule has 1 aromatic carbocycles. The lowest BCUT2D eigenvalue weighted by Gasteiger charge is -2.27. The van der Waals surface area contributed by atoms with Gasteiger partial charge in [-0.15, -0.1) is 0 Å². The topological polar surface area (TPSA) is 76.7 Å². The minimum absolute atomic E-state index is 0.338. The fourth-order valence-corrected chi connectivity index (χ4v) is 2.46. The summed E-state index contributed by atoms with van der Waals surface area (Å²) in [7, 11) is 1.36. The standard InChI is InChI=1S/C16H22N2O4/c1-16(2,3)22-15(20)18-12-7-5-6-11-10(12)8-9-17-13(11)14(19)21-4/h5-7,13,17H,8-9H2,1-4H3,(H,18,20)/t13-/m1/s1. The first-order valence-corrected chi connectivity index (χ1v) is 7.25. The molecule has 1 aromatic rings. The number of benzene rings is 1. The molecular weight excluding hydrogens is 284 g/mol. The van der Waals surface area contributed by atoms with Crippen molar-refractivity contribution in [1.29, 1.82) is 0 Å². The molecule has 120 valence electrons. The van der Waals surface area contributed by atoms with Crippen LogP contribution in [0.25, 0.3) is 0 Å². The van der Waals surface area contributed by atoms with Crippen LogP contribution in [0.1, 0.15) is 37.9 Å². The molecule has 0 aromatic heterocycles. The molecule has 0 radical (unpaired) electrons. The van der Waals surface area contributed by atoms with Gasteiger partial charge in [-0.05, 0) is 44.4 Å². The van der Waals surface area contributed by atoms with E-state index < -0.39 is 17.7 Å². The lowest BCUT2D eigenvalue weighted by atomic mass is 9.93. The average Bonchev–Trinajstić information content (AvgIpc) is 2.44. The Morgan fingerprint density at radius 2 is 2.05 bits per heavy atom. The second-order valence-corrected chi connectivity index (χ2v) is 6.16. The molecule has 6 heteroatoms. The van der Waals surface area contributed by atoms with E-state index in [0.29, 0.717) is 12.2 Å². The summed E-state index contributed by atoms with van der Waals surface area (Å²) in [5.41, 5.74) is 1.87. The van der Waals surface area contributed by atoms with Crippen LogP contribution in [0.2, 0.25) is 0 Å². The molecule has 1 heterocycles. The fourth-order valence-electron chi connectivity index (χ4n) is 2.46. The normalized spacial score (nSPS) is 17.4. The largest absolute Gasteiger partial charge is 0.468 e. The van der Waals surface area contributed by atoms with E-state index in [1.807, 2.05) is 32.9 Å². The van der Waals surface area contributed by atoms with Crippen molar-refractivity contribution in [3.63, 3.8) is 0 Å². The number of carbonyl (C=O) groups is 2. The number of amides is 1. The average molecular weight is 306 g/mol. The smallest absolute Gasteiger partial charge is 0.412 e. The second-order valence-electron chi connectivity index (χ2n) is 6.16. The molecule has 0 unspecified atom stereocenters. The van der Waals surface area contributed by atoms with Crippen molar-refractivity contribution in [3.05, 3.63) is 29.3 Å². The number of methoxy groups -OCH3 is 1. The molecule has 0 saturated carbocycles. The molecule has 0 bridgehead atoms. The molecule has 1 amide bonds. The third kappa shape index (κ3) is 3.76. The number of ether oxygens (including phenoxy) is 2. The summed E-state index contributed by atoms with van der Waals surface area (Å²) in [6.45, 7) is 6.07. The Hall–Kier alpha value is -2.08. The summed E-state index contributed by atoms with van der Waals surface area (Å²) in [5, 5.41) is 5.89. The first-order chi connectivity index (χ1) is 10.3. The molecule has 6 nitrogen and oxygen atoms in total. The fraction of sp³-hybridized carbons (Fsp3) is 0.500. The summed E-state index contributed by atoms with van der Waals surface area (Å²) in [6.07, 6.45) is 0.212. The van der Waals surface area contributed by atoms with Gasteiger partial charge in [0.1, 0.15) is 11.6 Å². The Labute approximate surface area is 130 Å². The molecule has 2 N–H and O–H groups in total. The highest BCUT2D eigenvalue weighted by molar-refractivity contribution is 5.87. The zero-order valence-corrected chi connectivity index (χ0v) is 13.4. The van der Waals surface area contributed by atoms with Crippen LogP contribution in [0, 0.1) is 0 Å². The summed E-state index contributed by atoms with van der Waals surface area (Å²) in [4.78, 5) is 23.8. The first-order valence-electron chi connectivity index (χ1n) is 7.25. The Balaban J connectivity index is 2.25. The Kier molecular flexibility index (Phi) is 4.71. The third-order valence-electron chi connectivity index (χ3n) is 3.32. The quantitative estimate of drug-likeness (QED) is 0.820. The molecule has 1 aliphatic heterocycles. The Morgan fingerprint density at radius 3 is 2.68 bits per heavy atom. The van der Waals surface area contributed by atoms with E-state index in [2.05, 4.69) is 10.6 Å². The Bertz CT molecular complexity index is 578. The number of rotatable bonds is 2. The predicted octanol–water partition coefficient (Wildman–Crippen LogP) is 2.39. The van der Waals surface area contributed by atoms with Crippen LogP contribution in [0.4, 0.5) is 10.5 Å². The molecule has 0 spiro atoms. The maximum absolute atomic E-state index is 11.9. The highest BCUT2D eigenvalue weighted by atomic mass is 16.6. The minimum Gasteiger partial charge on any atom is -0.468 e. The van der Waals surface area contributed by atoms with Crippen molar-refractivity contribution in [1.82, 2.24) is 5.32 Å². The lowest BCUT2D eigenvalue weighted by Crippen LogP contribution is -2.36.